The van der Waals surface area contributed by atoms with E-state index in [-0.39, 0.29) is 38.6 Å². The summed E-state index contributed by atoms with van der Waals surface area (Å²) in [4.78, 5) is 25.3. The SMILES string of the molecule is COc1cc(-c2ccc(NN=C3C=Cc4c(cccc4S(=O)(=O)O)C3=O)c(OC)c2)ccc1NN=C1C=C(S(=O)(=O)O)c2ccccc2C1=O. The molecule has 4 aromatic rings. The number of carbonyl (C=O) groups is 2. The first-order valence-electron chi connectivity index (χ1n) is 14.5. The predicted molar refractivity (Wildman–Crippen MR) is 187 cm³/mol. The van der Waals surface area contributed by atoms with Crippen LogP contribution in [0.5, 0.6) is 11.5 Å². The van der Waals surface area contributed by atoms with Crippen LogP contribution in [0.4, 0.5) is 11.4 Å². The van der Waals surface area contributed by atoms with Crippen LogP contribution in [0.2, 0.25) is 0 Å². The highest BCUT2D eigenvalue weighted by Crippen LogP contribution is 2.36. The number of carbonyl (C=O) groups excluding carboxylic acids is 2. The van der Waals surface area contributed by atoms with Crippen molar-refractivity contribution in [3.05, 3.63) is 113 Å². The molecule has 254 valence electrons. The fourth-order valence-corrected chi connectivity index (χ4v) is 6.79. The Morgan fingerprint density at radius 3 is 1.72 bits per heavy atom. The minimum atomic E-state index is -4.66. The molecule has 0 saturated carbocycles. The van der Waals surface area contributed by atoms with Crippen molar-refractivity contribution in [1.82, 2.24) is 0 Å². The number of hydrazone groups is 2. The van der Waals surface area contributed by atoms with Crippen molar-refractivity contribution >= 4 is 65.6 Å². The first kappa shape index (κ1) is 33.9. The molecule has 0 saturated heterocycles. The molecule has 0 spiro atoms. The van der Waals surface area contributed by atoms with E-state index >= 15 is 0 Å². The van der Waals surface area contributed by atoms with E-state index in [1.807, 2.05) is 0 Å². The Morgan fingerprint density at radius 2 is 1.16 bits per heavy atom. The molecular formula is C34H26N4O10S2. The number of ketones is 2. The molecule has 0 amide bonds. The maximum absolute atomic E-state index is 13.0. The zero-order chi connectivity index (χ0) is 35.8. The highest BCUT2D eigenvalue weighted by atomic mass is 32.2. The van der Waals surface area contributed by atoms with Gasteiger partial charge in [-0.1, -0.05) is 54.6 Å². The Bertz CT molecular complexity index is 2450. The summed E-state index contributed by atoms with van der Waals surface area (Å²) in [6.45, 7) is 0. The Morgan fingerprint density at radius 1 is 0.620 bits per heavy atom. The lowest BCUT2D eigenvalue weighted by atomic mass is 9.95. The Kier molecular flexibility index (Phi) is 8.94. The molecule has 0 radical (unpaired) electrons. The number of methoxy groups -OCH3 is 2. The van der Waals surface area contributed by atoms with Crippen molar-refractivity contribution in [1.29, 1.82) is 0 Å². The van der Waals surface area contributed by atoms with Crippen LogP contribution in [0.3, 0.4) is 0 Å². The van der Waals surface area contributed by atoms with E-state index in [0.29, 0.717) is 34.0 Å². The van der Waals surface area contributed by atoms with Gasteiger partial charge >= 0.3 is 0 Å². The summed E-state index contributed by atoms with van der Waals surface area (Å²) >= 11 is 0. The number of anilines is 2. The molecule has 14 nitrogen and oxygen atoms in total. The van der Waals surface area contributed by atoms with E-state index in [1.165, 1.54) is 56.7 Å². The number of Topliss-reactive ketones (excluding diaryl/α,β-unsaturated/α-hetero) is 2. The lowest BCUT2D eigenvalue weighted by Gasteiger charge is -2.16. The van der Waals surface area contributed by atoms with Crippen molar-refractivity contribution in [2.24, 2.45) is 10.2 Å². The van der Waals surface area contributed by atoms with Gasteiger partial charge in [-0.25, -0.2) is 0 Å². The first-order chi connectivity index (χ1) is 23.8. The molecule has 6 rings (SSSR count). The van der Waals surface area contributed by atoms with Gasteiger partial charge < -0.3 is 9.47 Å². The maximum atomic E-state index is 13.0. The van der Waals surface area contributed by atoms with Crippen LogP contribution in [0.15, 0.2) is 106 Å². The van der Waals surface area contributed by atoms with Crippen molar-refractivity contribution in [3.63, 3.8) is 0 Å². The van der Waals surface area contributed by atoms with Gasteiger partial charge in [0.15, 0.2) is 0 Å². The van der Waals surface area contributed by atoms with Gasteiger partial charge in [-0.15, -0.1) is 0 Å². The van der Waals surface area contributed by atoms with Crippen LogP contribution in [-0.2, 0) is 20.2 Å². The van der Waals surface area contributed by atoms with Gasteiger partial charge in [0.2, 0.25) is 11.6 Å². The van der Waals surface area contributed by atoms with E-state index in [4.69, 9.17) is 9.47 Å². The normalized spacial score (nSPS) is 15.7. The highest BCUT2D eigenvalue weighted by Gasteiger charge is 2.30. The summed E-state index contributed by atoms with van der Waals surface area (Å²) in [5.74, 6) is -0.378. The lowest BCUT2D eigenvalue weighted by molar-refractivity contribution is 0.105. The monoisotopic (exact) mass is 714 g/mol. The summed E-state index contributed by atoms with van der Waals surface area (Å²) in [6, 6.07) is 20.2. The lowest BCUT2D eigenvalue weighted by Crippen LogP contribution is -2.22. The van der Waals surface area contributed by atoms with Crippen LogP contribution in [0, 0.1) is 0 Å². The van der Waals surface area contributed by atoms with E-state index in [2.05, 4.69) is 21.1 Å². The molecule has 0 heterocycles. The van der Waals surface area contributed by atoms with Crippen LogP contribution >= 0.6 is 0 Å². The molecular weight excluding hydrogens is 689 g/mol. The van der Waals surface area contributed by atoms with Crippen molar-refractivity contribution in [2.75, 3.05) is 25.1 Å². The van der Waals surface area contributed by atoms with Gasteiger partial charge in [0.1, 0.15) is 32.7 Å². The molecule has 2 aliphatic carbocycles. The minimum Gasteiger partial charge on any atom is -0.494 e. The largest absolute Gasteiger partial charge is 0.494 e. The zero-order valence-corrected chi connectivity index (χ0v) is 27.7. The Labute approximate surface area is 285 Å². The molecule has 4 N–H and O–H groups in total. The van der Waals surface area contributed by atoms with Crippen LogP contribution < -0.4 is 20.3 Å². The zero-order valence-electron chi connectivity index (χ0n) is 26.1. The average molecular weight is 715 g/mol. The van der Waals surface area contributed by atoms with Crippen molar-refractivity contribution in [3.8, 4) is 22.6 Å². The molecule has 0 fully saturated rings. The van der Waals surface area contributed by atoms with E-state index in [9.17, 15) is 35.5 Å². The third-order valence-electron chi connectivity index (χ3n) is 7.77. The molecule has 0 aromatic heterocycles. The number of hydrogen-bond donors (Lipinski definition) is 4. The number of allylic oxidation sites excluding steroid dienone is 2. The number of ether oxygens (including phenoxy) is 2. The van der Waals surface area contributed by atoms with E-state index < -0.39 is 36.7 Å². The molecule has 0 unspecified atom stereocenters. The standard InChI is InChI=1S/C34H26N4O10S2/c1-47-29-16-19(10-13-25(29)35-37-27-15-12-22-24(33(27)39)8-5-9-31(22)49(41,42)43)20-11-14-26(30(17-20)48-2)36-38-28-18-32(50(44,45)46)21-6-3-4-7-23(21)34(28)40/h3-18,35-36H,1-2H3,(H,41,42,43)(H,44,45,46). The minimum absolute atomic E-state index is 0.00337. The second kappa shape index (κ2) is 13.2. The molecule has 16 heteroatoms. The maximum Gasteiger partial charge on any atom is 0.295 e. The second-order valence-electron chi connectivity index (χ2n) is 10.8. The van der Waals surface area contributed by atoms with Gasteiger partial charge in [0.25, 0.3) is 20.2 Å². The van der Waals surface area contributed by atoms with Crippen LogP contribution in [-0.4, -0.2) is 63.2 Å². The number of hydrogen-bond acceptors (Lipinski definition) is 12. The molecule has 0 aliphatic heterocycles. The summed E-state index contributed by atoms with van der Waals surface area (Å²) in [5, 5.41) is 8.31. The van der Waals surface area contributed by atoms with Gasteiger partial charge in [-0.3, -0.25) is 29.5 Å². The summed E-state index contributed by atoms with van der Waals surface area (Å²) < 4.78 is 77.9. The highest BCUT2D eigenvalue weighted by molar-refractivity contribution is 7.95. The van der Waals surface area contributed by atoms with Gasteiger partial charge in [-0.05, 0) is 53.6 Å². The second-order valence-corrected chi connectivity index (χ2v) is 13.5. The quantitative estimate of drug-likeness (QED) is 0.130. The third kappa shape index (κ3) is 6.55. The number of benzene rings is 4. The molecule has 50 heavy (non-hydrogen) atoms. The first-order valence-corrected chi connectivity index (χ1v) is 17.4. The van der Waals surface area contributed by atoms with Gasteiger partial charge in [0.05, 0.1) is 25.6 Å². The predicted octanol–water partition coefficient (Wildman–Crippen LogP) is 5.19. The summed E-state index contributed by atoms with van der Waals surface area (Å²) in [6.07, 6.45) is 3.73. The van der Waals surface area contributed by atoms with Gasteiger partial charge in [-0.2, -0.15) is 27.0 Å². The molecule has 4 aromatic carbocycles. The van der Waals surface area contributed by atoms with Crippen LogP contribution in [0.1, 0.15) is 31.8 Å². The van der Waals surface area contributed by atoms with Crippen molar-refractivity contribution in [2.45, 2.75) is 4.90 Å². The summed E-state index contributed by atoms with van der Waals surface area (Å²) in [7, 11) is -6.31. The number of fused-ring (bicyclic) bond motifs is 2. The fourth-order valence-electron chi connectivity index (χ4n) is 5.37. The number of nitrogens with zero attached hydrogens (tertiary/aromatic N) is 2. The van der Waals surface area contributed by atoms with Crippen LogP contribution in [0.25, 0.3) is 22.1 Å². The Balaban J connectivity index is 1.23. The van der Waals surface area contributed by atoms with E-state index in [0.717, 1.165) is 6.08 Å². The third-order valence-corrected chi connectivity index (χ3v) is 9.58. The smallest absolute Gasteiger partial charge is 0.295 e. The Hall–Kier alpha value is -5.94. The molecule has 0 bridgehead atoms. The topological polar surface area (TPSA) is 210 Å². The number of rotatable bonds is 9. The average Bonchev–Trinajstić information content (AvgIpc) is 3.10. The van der Waals surface area contributed by atoms with Gasteiger partial charge in [0, 0.05) is 22.3 Å². The fraction of sp³-hybridized carbons (Fsp3) is 0.0588. The van der Waals surface area contributed by atoms with E-state index in [1.54, 1.807) is 48.5 Å². The molecule has 0 atom stereocenters. The van der Waals surface area contributed by atoms with Crippen molar-refractivity contribution < 1.29 is 45.0 Å². The summed E-state index contributed by atoms with van der Waals surface area (Å²) in [5.41, 5.74) is 7.77. The number of nitrogens with one attached hydrogen (secondary N) is 2. The molecule has 2 aliphatic rings.